The molecule has 7 nitrogen and oxygen atoms in total. The highest BCUT2D eigenvalue weighted by molar-refractivity contribution is 6.25. The van der Waals surface area contributed by atoms with Crippen molar-refractivity contribution in [1.82, 2.24) is 14.7 Å². The average Bonchev–Trinajstić information content (AvgIpc) is 3.01. The summed E-state index contributed by atoms with van der Waals surface area (Å²) in [4.78, 5) is 34.6. The normalized spacial score (nSPS) is 23.3. The molecule has 3 aliphatic rings. The van der Waals surface area contributed by atoms with Crippen molar-refractivity contribution in [1.29, 1.82) is 0 Å². The number of aliphatic imine (C=N–C) groups is 1. The van der Waals surface area contributed by atoms with E-state index in [9.17, 15) is 9.59 Å². The van der Waals surface area contributed by atoms with Gasteiger partial charge in [0, 0.05) is 7.05 Å². The number of imide groups is 1. The van der Waals surface area contributed by atoms with Crippen LogP contribution in [0.25, 0.3) is 0 Å². The first kappa shape index (κ1) is 15.5. The maximum Gasteiger partial charge on any atom is 0.392 e. The van der Waals surface area contributed by atoms with Gasteiger partial charge in [-0.25, -0.2) is 9.69 Å². The zero-order valence-electron chi connectivity index (χ0n) is 13.9. The van der Waals surface area contributed by atoms with E-state index in [1.54, 1.807) is 14.0 Å². The first-order valence-corrected chi connectivity index (χ1v) is 7.66. The van der Waals surface area contributed by atoms with E-state index in [0.29, 0.717) is 12.4 Å². The standard InChI is InChI=1S/C16H22N5O2/c1-10(2)8-19-6-7-20-12-13(17-15(19)20)18(5)16(23)21(14(12)22)9-11(3)4/h12H,1,3,6-9H2,2,4-5H3/q+1. The van der Waals surface area contributed by atoms with E-state index in [1.165, 1.54) is 9.80 Å². The van der Waals surface area contributed by atoms with Crippen LogP contribution >= 0.6 is 0 Å². The van der Waals surface area contributed by atoms with Gasteiger partial charge in [0.1, 0.15) is 0 Å². The molecule has 1 fully saturated rings. The molecule has 7 heteroatoms. The van der Waals surface area contributed by atoms with Crippen molar-refractivity contribution >= 4 is 23.7 Å². The van der Waals surface area contributed by atoms with Crippen molar-refractivity contribution in [2.45, 2.75) is 19.9 Å². The van der Waals surface area contributed by atoms with Crippen molar-refractivity contribution < 1.29 is 14.2 Å². The Labute approximate surface area is 135 Å². The van der Waals surface area contributed by atoms with Gasteiger partial charge in [-0.3, -0.25) is 19.2 Å². The Morgan fingerprint density at radius 3 is 2.61 bits per heavy atom. The molecular weight excluding hydrogens is 294 g/mol. The fourth-order valence-corrected chi connectivity index (χ4v) is 3.21. The SMILES string of the molecule is C=C(C)CN1C(=O)C2C(=NC3=[N+](CC(=C)C)CCN32)N(C)C1=O. The van der Waals surface area contributed by atoms with E-state index >= 15 is 0 Å². The maximum absolute atomic E-state index is 12.8. The third kappa shape index (κ3) is 2.36. The lowest BCUT2D eigenvalue weighted by Crippen LogP contribution is -2.63. The van der Waals surface area contributed by atoms with Gasteiger partial charge in [0.2, 0.25) is 11.9 Å². The molecule has 3 aliphatic heterocycles. The molecule has 0 N–H and O–H groups in total. The Bertz CT molecular complexity index is 691. The van der Waals surface area contributed by atoms with Gasteiger partial charge in [0.25, 0.3) is 5.91 Å². The average molecular weight is 316 g/mol. The summed E-state index contributed by atoms with van der Waals surface area (Å²) in [6.07, 6.45) is 0. The number of amides is 3. The largest absolute Gasteiger partial charge is 0.392 e. The molecule has 0 aromatic heterocycles. The molecule has 1 atom stereocenters. The molecule has 0 aromatic rings. The van der Waals surface area contributed by atoms with Gasteiger partial charge >= 0.3 is 12.0 Å². The molecule has 0 aliphatic carbocycles. The monoisotopic (exact) mass is 316 g/mol. The predicted molar refractivity (Wildman–Crippen MR) is 87.4 cm³/mol. The molecule has 3 amide bonds. The van der Waals surface area contributed by atoms with Crippen LogP contribution in [0, 0.1) is 0 Å². The minimum atomic E-state index is -0.512. The summed E-state index contributed by atoms with van der Waals surface area (Å²) in [5.41, 5.74) is 1.81. The number of likely N-dealkylation sites (N-methyl/N-ethyl adjacent to an activating group) is 1. The molecule has 0 saturated carbocycles. The summed E-state index contributed by atoms with van der Waals surface area (Å²) in [7, 11) is 1.66. The van der Waals surface area contributed by atoms with Crippen LogP contribution in [0.4, 0.5) is 4.79 Å². The topological polar surface area (TPSA) is 59.2 Å². The molecule has 0 bridgehead atoms. The Morgan fingerprint density at radius 1 is 1.30 bits per heavy atom. The second kappa shape index (κ2) is 5.33. The van der Waals surface area contributed by atoms with Gasteiger partial charge in [0.15, 0.2) is 0 Å². The van der Waals surface area contributed by atoms with Crippen LogP contribution < -0.4 is 0 Å². The molecule has 122 valence electrons. The van der Waals surface area contributed by atoms with E-state index in [1.807, 2.05) is 11.8 Å². The van der Waals surface area contributed by atoms with Crippen LogP contribution in [0.3, 0.4) is 0 Å². The molecule has 3 heterocycles. The quantitative estimate of drug-likeness (QED) is 0.560. The highest BCUT2D eigenvalue weighted by atomic mass is 16.2. The third-order valence-corrected chi connectivity index (χ3v) is 4.17. The number of hydrogen-bond acceptors (Lipinski definition) is 4. The lowest BCUT2D eigenvalue weighted by Gasteiger charge is -2.34. The second-order valence-corrected chi connectivity index (χ2v) is 6.47. The van der Waals surface area contributed by atoms with Gasteiger partial charge < -0.3 is 0 Å². The molecule has 0 spiro atoms. The van der Waals surface area contributed by atoms with Crippen molar-refractivity contribution in [2.24, 2.45) is 4.99 Å². The minimum absolute atomic E-state index is 0.220. The summed E-state index contributed by atoms with van der Waals surface area (Å²) in [5.74, 6) is 1.06. The Balaban J connectivity index is 1.98. The molecule has 1 saturated heterocycles. The zero-order chi connectivity index (χ0) is 16.9. The number of fused-ring (bicyclic) bond motifs is 3. The van der Waals surface area contributed by atoms with E-state index in [2.05, 4.69) is 22.7 Å². The number of carbonyl (C=O) groups excluding carboxylic acids is 2. The first-order chi connectivity index (χ1) is 10.8. The van der Waals surface area contributed by atoms with Gasteiger partial charge in [-0.05, 0) is 19.4 Å². The fourth-order valence-electron chi connectivity index (χ4n) is 3.21. The van der Waals surface area contributed by atoms with Crippen LogP contribution in [0.15, 0.2) is 29.3 Å². The summed E-state index contributed by atoms with van der Waals surface area (Å²) in [6, 6.07) is -0.858. The number of carbonyl (C=O) groups is 2. The molecule has 1 unspecified atom stereocenters. The van der Waals surface area contributed by atoms with E-state index in [0.717, 1.165) is 30.2 Å². The number of amidine groups is 1. The summed E-state index contributed by atoms with van der Waals surface area (Å²) < 4.78 is 2.10. The maximum atomic E-state index is 12.8. The Morgan fingerprint density at radius 2 is 2.00 bits per heavy atom. The summed E-state index contributed by atoms with van der Waals surface area (Å²) in [5, 5.41) is 0. The Hall–Kier alpha value is -2.44. The lowest BCUT2D eigenvalue weighted by atomic mass is 10.1. The third-order valence-electron chi connectivity index (χ3n) is 4.17. The van der Waals surface area contributed by atoms with Crippen LogP contribution in [0.2, 0.25) is 0 Å². The van der Waals surface area contributed by atoms with Gasteiger partial charge in [-0.2, -0.15) is 0 Å². The van der Waals surface area contributed by atoms with E-state index < -0.39 is 6.04 Å². The molecule has 0 radical (unpaired) electrons. The summed E-state index contributed by atoms with van der Waals surface area (Å²) in [6.45, 7) is 14.0. The van der Waals surface area contributed by atoms with Crippen LogP contribution in [0.1, 0.15) is 13.8 Å². The van der Waals surface area contributed by atoms with Crippen molar-refractivity contribution in [3.8, 4) is 0 Å². The van der Waals surface area contributed by atoms with Crippen molar-refractivity contribution in [2.75, 3.05) is 33.2 Å². The highest BCUT2D eigenvalue weighted by Gasteiger charge is 2.57. The fraction of sp³-hybridized carbons (Fsp3) is 0.500. The van der Waals surface area contributed by atoms with Crippen LogP contribution in [-0.4, -0.2) is 82.3 Å². The van der Waals surface area contributed by atoms with Crippen LogP contribution in [0.5, 0.6) is 0 Å². The number of guanidine groups is 1. The van der Waals surface area contributed by atoms with Gasteiger partial charge in [-0.1, -0.05) is 23.7 Å². The first-order valence-electron chi connectivity index (χ1n) is 7.66. The number of rotatable bonds is 4. The van der Waals surface area contributed by atoms with Gasteiger partial charge in [0.05, 0.1) is 26.2 Å². The van der Waals surface area contributed by atoms with Crippen molar-refractivity contribution in [3.05, 3.63) is 24.3 Å². The van der Waals surface area contributed by atoms with E-state index in [-0.39, 0.29) is 18.5 Å². The smallest absolute Gasteiger partial charge is 0.270 e. The number of hydrogen-bond donors (Lipinski definition) is 0. The van der Waals surface area contributed by atoms with E-state index in [4.69, 9.17) is 0 Å². The molecule has 0 aromatic carbocycles. The predicted octanol–water partition coefficient (Wildman–Crippen LogP) is 0.497. The van der Waals surface area contributed by atoms with Gasteiger partial charge in [-0.15, -0.1) is 0 Å². The summed E-state index contributed by atoms with van der Waals surface area (Å²) >= 11 is 0. The zero-order valence-corrected chi connectivity index (χ0v) is 13.9. The highest BCUT2D eigenvalue weighted by Crippen LogP contribution is 2.26. The lowest BCUT2D eigenvalue weighted by molar-refractivity contribution is -0.510. The molecular formula is C16H22N5O2+. The second-order valence-electron chi connectivity index (χ2n) is 6.47. The Kier molecular flexibility index (Phi) is 3.58. The number of urea groups is 1. The number of nitrogens with zero attached hydrogens (tertiary/aromatic N) is 5. The van der Waals surface area contributed by atoms with Crippen LogP contribution in [-0.2, 0) is 4.79 Å². The molecule has 23 heavy (non-hydrogen) atoms. The minimum Gasteiger partial charge on any atom is -0.270 e. The molecule has 3 rings (SSSR count). The van der Waals surface area contributed by atoms with Crippen molar-refractivity contribution in [3.63, 3.8) is 0 Å².